The minimum Gasteiger partial charge on any atom is -0.370 e. The molecule has 6 nitrogen and oxygen atoms in total. The number of nitrogens with zero attached hydrogens (tertiary/aromatic N) is 1. The van der Waals surface area contributed by atoms with Gasteiger partial charge >= 0.3 is 0 Å². The molecule has 0 spiro atoms. The standard InChI is InChI=1S/C10H21N3O3/c1-2-3-4-5-6-13(16)8(10(12)15)7-9(11)14/h8,16H,2-7H2,1H3,(H2,11,14)(H2,12,15)/t8-/m0/s1. The van der Waals surface area contributed by atoms with E-state index >= 15 is 0 Å². The lowest BCUT2D eigenvalue weighted by Crippen LogP contribution is -2.45. The molecule has 0 radical (unpaired) electrons. The predicted octanol–water partition coefficient (Wildman–Crippen LogP) is -0.0128. The van der Waals surface area contributed by atoms with Crippen LogP contribution in [0.15, 0.2) is 0 Å². The Bertz CT molecular complexity index is 233. The number of rotatable bonds is 9. The summed E-state index contributed by atoms with van der Waals surface area (Å²) in [5, 5.41) is 10.4. The molecule has 0 fully saturated rings. The van der Waals surface area contributed by atoms with Gasteiger partial charge in [0.05, 0.1) is 6.42 Å². The van der Waals surface area contributed by atoms with Gasteiger partial charge in [-0.05, 0) is 6.42 Å². The van der Waals surface area contributed by atoms with Gasteiger partial charge in [0.1, 0.15) is 6.04 Å². The summed E-state index contributed by atoms with van der Waals surface area (Å²) < 4.78 is 0. The molecule has 0 bridgehead atoms. The quantitative estimate of drug-likeness (QED) is 0.383. The zero-order valence-corrected chi connectivity index (χ0v) is 9.69. The monoisotopic (exact) mass is 231 g/mol. The number of amides is 2. The van der Waals surface area contributed by atoms with E-state index in [0.29, 0.717) is 6.54 Å². The van der Waals surface area contributed by atoms with Gasteiger partial charge < -0.3 is 16.7 Å². The van der Waals surface area contributed by atoms with Crippen LogP contribution >= 0.6 is 0 Å². The smallest absolute Gasteiger partial charge is 0.237 e. The first kappa shape index (κ1) is 14.9. The molecule has 0 aliphatic rings. The second-order valence-corrected chi connectivity index (χ2v) is 3.81. The van der Waals surface area contributed by atoms with E-state index in [2.05, 4.69) is 6.92 Å². The van der Waals surface area contributed by atoms with Crippen molar-refractivity contribution in [3.05, 3.63) is 0 Å². The molecule has 0 aliphatic carbocycles. The molecule has 0 aromatic carbocycles. The second-order valence-electron chi connectivity index (χ2n) is 3.81. The van der Waals surface area contributed by atoms with Gasteiger partial charge in [-0.1, -0.05) is 26.2 Å². The van der Waals surface area contributed by atoms with Crippen LogP contribution < -0.4 is 11.5 Å². The summed E-state index contributed by atoms with van der Waals surface area (Å²) in [5.74, 6) is -1.40. The fourth-order valence-corrected chi connectivity index (χ4v) is 1.40. The van der Waals surface area contributed by atoms with Crippen LogP contribution in [-0.2, 0) is 9.59 Å². The molecular formula is C10H21N3O3. The highest BCUT2D eigenvalue weighted by Crippen LogP contribution is 2.05. The van der Waals surface area contributed by atoms with Gasteiger partial charge in [-0.2, -0.15) is 5.06 Å². The molecule has 6 heteroatoms. The number of nitrogens with two attached hydrogens (primary N) is 2. The minimum absolute atomic E-state index is 0.250. The average Bonchev–Trinajstić information content (AvgIpc) is 2.20. The molecular weight excluding hydrogens is 210 g/mol. The summed E-state index contributed by atoms with van der Waals surface area (Å²) in [6.45, 7) is 2.40. The third-order valence-corrected chi connectivity index (χ3v) is 2.32. The summed E-state index contributed by atoms with van der Waals surface area (Å²) in [7, 11) is 0. The molecule has 0 unspecified atom stereocenters. The Morgan fingerprint density at radius 2 is 1.88 bits per heavy atom. The molecule has 2 amide bonds. The lowest BCUT2D eigenvalue weighted by atomic mass is 10.1. The normalized spacial score (nSPS) is 12.7. The van der Waals surface area contributed by atoms with Crippen molar-refractivity contribution in [2.75, 3.05) is 6.54 Å². The molecule has 0 saturated carbocycles. The maximum atomic E-state index is 11.0. The summed E-state index contributed by atoms with van der Waals surface area (Å²) in [4.78, 5) is 21.6. The average molecular weight is 231 g/mol. The van der Waals surface area contributed by atoms with Crippen LogP contribution in [0.1, 0.15) is 39.0 Å². The first-order chi connectivity index (χ1) is 7.49. The molecule has 0 aromatic heterocycles. The van der Waals surface area contributed by atoms with Crippen molar-refractivity contribution in [3.63, 3.8) is 0 Å². The van der Waals surface area contributed by atoms with Crippen LogP contribution in [0.3, 0.4) is 0 Å². The summed E-state index contributed by atoms with van der Waals surface area (Å²) in [6, 6.07) is -1.01. The van der Waals surface area contributed by atoms with E-state index in [4.69, 9.17) is 11.5 Å². The van der Waals surface area contributed by atoms with Gasteiger partial charge in [-0.3, -0.25) is 9.59 Å². The Kier molecular flexibility index (Phi) is 7.49. The van der Waals surface area contributed by atoms with E-state index in [9.17, 15) is 14.8 Å². The Labute approximate surface area is 95.5 Å². The fourth-order valence-electron chi connectivity index (χ4n) is 1.40. The number of hydrogen-bond acceptors (Lipinski definition) is 4. The molecule has 94 valence electrons. The van der Waals surface area contributed by atoms with Crippen molar-refractivity contribution in [1.29, 1.82) is 0 Å². The molecule has 0 saturated heterocycles. The van der Waals surface area contributed by atoms with Crippen LogP contribution in [0, 0.1) is 0 Å². The van der Waals surface area contributed by atoms with Crippen LogP contribution in [0.25, 0.3) is 0 Å². The molecule has 5 N–H and O–H groups in total. The number of hydroxylamine groups is 2. The van der Waals surface area contributed by atoms with Crippen molar-refractivity contribution in [1.82, 2.24) is 5.06 Å². The number of carbonyl (C=O) groups excluding carboxylic acids is 2. The highest BCUT2D eigenvalue weighted by atomic mass is 16.5. The largest absolute Gasteiger partial charge is 0.370 e. The van der Waals surface area contributed by atoms with Gasteiger partial charge in [-0.25, -0.2) is 0 Å². The highest BCUT2D eigenvalue weighted by Gasteiger charge is 2.24. The predicted molar refractivity (Wildman–Crippen MR) is 59.4 cm³/mol. The van der Waals surface area contributed by atoms with Crippen molar-refractivity contribution < 1.29 is 14.8 Å². The molecule has 0 aromatic rings. The Balaban J connectivity index is 4.02. The van der Waals surface area contributed by atoms with Gasteiger partial charge in [0.25, 0.3) is 0 Å². The second kappa shape index (κ2) is 8.06. The highest BCUT2D eigenvalue weighted by molar-refractivity contribution is 5.86. The summed E-state index contributed by atoms with van der Waals surface area (Å²) in [5.41, 5.74) is 10.0. The Morgan fingerprint density at radius 3 is 2.31 bits per heavy atom. The summed E-state index contributed by atoms with van der Waals surface area (Å²) >= 11 is 0. The fraction of sp³-hybridized carbons (Fsp3) is 0.800. The van der Waals surface area contributed by atoms with Crippen LogP contribution in [0.2, 0.25) is 0 Å². The van der Waals surface area contributed by atoms with Gasteiger partial charge in [0, 0.05) is 6.54 Å². The number of carbonyl (C=O) groups is 2. The SMILES string of the molecule is CCCCCCN(O)[C@@H](CC(N)=O)C(N)=O. The van der Waals surface area contributed by atoms with Gasteiger partial charge in [0.2, 0.25) is 11.8 Å². The van der Waals surface area contributed by atoms with Crippen LogP contribution in [0.5, 0.6) is 0 Å². The molecule has 0 heterocycles. The lowest BCUT2D eigenvalue weighted by molar-refractivity contribution is -0.157. The third kappa shape index (κ3) is 6.36. The van der Waals surface area contributed by atoms with E-state index in [1.165, 1.54) is 0 Å². The maximum absolute atomic E-state index is 11.0. The summed E-state index contributed by atoms with van der Waals surface area (Å²) in [6.07, 6.45) is 3.64. The van der Waals surface area contributed by atoms with Crippen LogP contribution in [-0.4, -0.2) is 34.7 Å². The Morgan fingerprint density at radius 1 is 1.25 bits per heavy atom. The van der Waals surface area contributed by atoms with E-state index in [1.54, 1.807) is 0 Å². The van der Waals surface area contributed by atoms with Gasteiger partial charge in [0.15, 0.2) is 0 Å². The van der Waals surface area contributed by atoms with Crippen molar-refractivity contribution >= 4 is 11.8 Å². The first-order valence-electron chi connectivity index (χ1n) is 5.52. The molecule has 1 atom stereocenters. The van der Waals surface area contributed by atoms with E-state index in [0.717, 1.165) is 30.7 Å². The van der Waals surface area contributed by atoms with E-state index < -0.39 is 17.9 Å². The number of hydrogen-bond donors (Lipinski definition) is 3. The van der Waals surface area contributed by atoms with Crippen LogP contribution in [0.4, 0.5) is 0 Å². The topological polar surface area (TPSA) is 110 Å². The van der Waals surface area contributed by atoms with E-state index in [-0.39, 0.29) is 6.42 Å². The molecule has 0 rings (SSSR count). The number of unbranched alkanes of at least 4 members (excludes halogenated alkanes) is 3. The zero-order valence-electron chi connectivity index (χ0n) is 9.69. The van der Waals surface area contributed by atoms with E-state index in [1.807, 2.05) is 0 Å². The number of primary amides is 2. The Hall–Kier alpha value is -1.14. The minimum atomic E-state index is -1.01. The first-order valence-corrected chi connectivity index (χ1v) is 5.52. The zero-order chi connectivity index (χ0) is 12.6. The lowest BCUT2D eigenvalue weighted by Gasteiger charge is -2.22. The maximum Gasteiger partial charge on any atom is 0.237 e. The van der Waals surface area contributed by atoms with Crippen molar-refractivity contribution in [2.45, 2.75) is 45.1 Å². The van der Waals surface area contributed by atoms with Crippen molar-refractivity contribution in [2.24, 2.45) is 11.5 Å². The van der Waals surface area contributed by atoms with Crippen molar-refractivity contribution in [3.8, 4) is 0 Å². The molecule has 16 heavy (non-hydrogen) atoms. The van der Waals surface area contributed by atoms with Gasteiger partial charge in [-0.15, -0.1) is 0 Å². The third-order valence-electron chi connectivity index (χ3n) is 2.32. The molecule has 0 aliphatic heterocycles.